The predicted molar refractivity (Wildman–Crippen MR) is 87.4 cm³/mol. The second kappa shape index (κ2) is 6.07. The molecule has 1 atom stereocenters. The Morgan fingerprint density at radius 3 is 2.46 bits per heavy atom. The first kappa shape index (κ1) is 15.4. The lowest BCUT2D eigenvalue weighted by atomic mass is 10.2. The average Bonchev–Trinajstić information content (AvgIpc) is 2.90. The number of carbonyl (C=O) groups excluding carboxylic acids is 2. The molecule has 7 nitrogen and oxygen atoms in total. The van der Waals surface area contributed by atoms with Gasteiger partial charge in [0.1, 0.15) is 13.2 Å². The molecule has 0 unspecified atom stereocenters. The Kier molecular flexibility index (Phi) is 3.90. The van der Waals surface area contributed by atoms with Gasteiger partial charge in [-0.05, 0) is 19.2 Å². The number of likely N-dealkylation sites (N-methyl/N-ethyl adjacent to an activating group) is 1. The maximum Gasteiger partial charge on any atom is 0.251 e. The Labute approximate surface area is 140 Å². The van der Waals surface area contributed by atoms with Gasteiger partial charge in [-0.1, -0.05) is 0 Å². The van der Waals surface area contributed by atoms with E-state index in [-0.39, 0.29) is 24.3 Å². The van der Waals surface area contributed by atoms with Crippen LogP contribution in [0.2, 0.25) is 0 Å². The molecule has 3 heterocycles. The van der Waals surface area contributed by atoms with E-state index >= 15 is 0 Å². The molecular formula is C17H21N3O4. The predicted octanol–water partition coefficient (Wildman–Crippen LogP) is 0.337. The molecule has 128 valence electrons. The Morgan fingerprint density at radius 1 is 1.00 bits per heavy atom. The lowest BCUT2D eigenvalue weighted by molar-refractivity contribution is -0.123. The SMILES string of the molecule is CN1CCN([C@H]2CC(=O)N(c3ccc4c(c3)OCCO4)C2=O)CC1. The molecule has 0 radical (unpaired) electrons. The van der Waals surface area contributed by atoms with Crippen molar-refractivity contribution in [3.63, 3.8) is 0 Å². The van der Waals surface area contributed by atoms with Crippen LogP contribution in [0.4, 0.5) is 5.69 Å². The smallest absolute Gasteiger partial charge is 0.251 e. The van der Waals surface area contributed by atoms with Crippen LogP contribution in [0, 0.1) is 0 Å². The number of anilines is 1. The van der Waals surface area contributed by atoms with E-state index in [2.05, 4.69) is 16.8 Å². The van der Waals surface area contributed by atoms with Crippen molar-refractivity contribution in [1.29, 1.82) is 0 Å². The molecule has 2 amide bonds. The van der Waals surface area contributed by atoms with E-state index in [1.165, 1.54) is 4.90 Å². The number of benzene rings is 1. The Balaban J connectivity index is 1.55. The molecule has 0 saturated carbocycles. The minimum Gasteiger partial charge on any atom is -0.486 e. The van der Waals surface area contributed by atoms with Crippen molar-refractivity contribution in [1.82, 2.24) is 9.80 Å². The third kappa shape index (κ3) is 2.63. The first-order valence-electron chi connectivity index (χ1n) is 8.32. The van der Waals surface area contributed by atoms with Crippen LogP contribution >= 0.6 is 0 Å². The second-order valence-corrected chi connectivity index (χ2v) is 6.45. The van der Waals surface area contributed by atoms with E-state index < -0.39 is 0 Å². The summed E-state index contributed by atoms with van der Waals surface area (Å²) in [5.41, 5.74) is 0.561. The van der Waals surface area contributed by atoms with Crippen LogP contribution in [0.15, 0.2) is 18.2 Å². The first-order valence-corrected chi connectivity index (χ1v) is 8.32. The summed E-state index contributed by atoms with van der Waals surface area (Å²) in [7, 11) is 2.07. The fourth-order valence-corrected chi connectivity index (χ4v) is 3.48. The van der Waals surface area contributed by atoms with E-state index in [4.69, 9.17) is 9.47 Å². The van der Waals surface area contributed by atoms with E-state index in [1.807, 2.05) is 0 Å². The van der Waals surface area contributed by atoms with E-state index in [1.54, 1.807) is 18.2 Å². The van der Waals surface area contributed by atoms with Crippen molar-refractivity contribution in [2.75, 3.05) is 51.3 Å². The molecule has 1 aromatic rings. The standard InChI is InChI=1S/C17H21N3O4/c1-18-4-6-19(7-5-18)13-11-16(21)20(17(13)22)12-2-3-14-15(10-12)24-9-8-23-14/h2-3,10,13H,4-9,11H2,1H3/t13-/m0/s1. The van der Waals surface area contributed by atoms with Crippen LogP contribution in [0.3, 0.4) is 0 Å². The highest BCUT2D eigenvalue weighted by Gasteiger charge is 2.43. The summed E-state index contributed by atoms with van der Waals surface area (Å²) in [6.07, 6.45) is 0.247. The van der Waals surface area contributed by atoms with E-state index in [0.717, 1.165) is 26.2 Å². The molecule has 7 heteroatoms. The maximum atomic E-state index is 12.8. The topological polar surface area (TPSA) is 62.3 Å². The Hall–Kier alpha value is -2.12. The van der Waals surface area contributed by atoms with Gasteiger partial charge in [0.25, 0.3) is 5.91 Å². The molecule has 2 fully saturated rings. The first-order chi connectivity index (χ1) is 11.6. The number of fused-ring (bicyclic) bond motifs is 1. The zero-order chi connectivity index (χ0) is 16.7. The molecule has 0 bridgehead atoms. The number of hydrogen-bond donors (Lipinski definition) is 0. The lowest BCUT2D eigenvalue weighted by Gasteiger charge is -2.35. The summed E-state index contributed by atoms with van der Waals surface area (Å²) in [5, 5.41) is 0. The highest BCUT2D eigenvalue weighted by molar-refractivity contribution is 6.22. The molecule has 2 saturated heterocycles. The zero-order valence-electron chi connectivity index (χ0n) is 13.7. The second-order valence-electron chi connectivity index (χ2n) is 6.45. The van der Waals surface area contributed by atoms with Gasteiger partial charge >= 0.3 is 0 Å². The molecular weight excluding hydrogens is 310 g/mol. The summed E-state index contributed by atoms with van der Waals surface area (Å²) >= 11 is 0. The lowest BCUT2D eigenvalue weighted by Crippen LogP contribution is -2.51. The van der Waals surface area contributed by atoms with Gasteiger partial charge in [-0.2, -0.15) is 0 Å². The highest BCUT2D eigenvalue weighted by Crippen LogP contribution is 2.36. The van der Waals surface area contributed by atoms with Crippen LogP contribution in [0.25, 0.3) is 0 Å². The minimum atomic E-state index is -0.348. The number of ether oxygens (including phenoxy) is 2. The number of hydrogen-bond acceptors (Lipinski definition) is 6. The monoisotopic (exact) mass is 331 g/mol. The Morgan fingerprint density at radius 2 is 1.71 bits per heavy atom. The molecule has 0 aromatic heterocycles. The summed E-state index contributed by atoms with van der Waals surface area (Å²) < 4.78 is 11.1. The number of imide groups is 1. The van der Waals surface area contributed by atoms with Crippen LogP contribution in [0.1, 0.15) is 6.42 Å². The van der Waals surface area contributed by atoms with Gasteiger partial charge in [-0.3, -0.25) is 14.5 Å². The fourth-order valence-electron chi connectivity index (χ4n) is 3.48. The highest BCUT2D eigenvalue weighted by atomic mass is 16.6. The molecule has 24 heavy (non-hydrogen) atoms. The molecule has 3 aliphatic heterocycles. The van der Waals surface area contributed by atoms with Gasteiger partial charge in [-0.15, -0.1) is 0 Å². The number of carbonyl (C=O) groups is 2. The van der Waals surface area contributed by atoms with Crippen molar-refractivity contribution in [2.24, 2.45) is 0 Å². The normalized spacial score (nSPS) is 25.4. The van der Waals surface area contributed by atoms with Gasteiger partial charge in [0.2, 0.25) is 5.91 Å². The number of amides is 2. The van der Waals surface area contributed by atoms with Crippen molar-refractivity contribution in [2.45, 2.75) is 12.5 Å². The molecule has 3 aliphatic rings. The quantitative estimate of drug-likeness (QED) is 0.728. The van der Waals surface area contributed by atoms with Gasteiger partial charge < -0.3 is 14.4 Å². The van der Waals surface area contributed by atoms with E-state index in [0.29, 0.717) is 30.4 Å². The van der Waals surface area contributed by atoms with Gasteiger partial charge in [0.05, 0.1) is 18.2 Å². The third-order valence-corrected chi connectivity index (χ3v) is 4.89. The van der Waals surface area contributed by atoms with E-state index in [9.17, 15) is 9.59 Å². The van der Waals surface area contributed by atoms with Crippen LogP contribution in [-0.4, -0.2) is 74.1 Å². The molecule has 0 spiro atoms. The summed E-state index contributed by atoms with van der Waals surface area (Å²) in [6.45, 7) is 4.45. The maximum absolute atomic E-state index is 12.8. The van der Waals surface area contributed by atoms with Gasteiger partial charge in [0, 0.05) is 32.2 Å². The number of nitrogens with zero attached hydrogens (tertiary/aromatic N) is 3. The van der Waals surface area contributed by atoms with Crippen molar-refractivity contribution < 1.29 is 19.1 Å². The summed E-state index contributed by atoms with van der Waals surface area (Å²) in [5.74, 6) is 0.948. The minimum absolute atomic E-state index is 0.138. The summed E-state index contributed by atoms with van der Waals surface area (Å²) in [6, 6.07) is 4.87. The zero-order valence-corrected chi connectivity index (χ0v) is 13.7. The molecule has 4 rings (SSSR count). The van der Waals surface area contributed by atoms with Crippen LogP contribution < -0.4 is 14.4 Å². The van der Waals surface area contributed by atoms with Gasteiger partial charge in [-0.25, -0.2) is 4.90 Å². The largest absolute Gasteiger partial charge is 0.486 e. The van der Waals surface area contributed by atoms with Crippen LogP contribution in [0.5, 0.6) is 11.5 Å². The molecule has 1 aromatic carbocycles. The average molecular weight is 331 g/mol. The van der Waals surface area contributed by atoms with Crippen LogP contribution in [-0.2, 0) is 9.59 Å². The summed E-state index contributed by atoms with van der Waals surface area (Å²) in [4.78, 5) is 31.0. The Bertz CT molecular complexity index is 670. The fraction of sp³-hybridized carbons (Fsp3) is 0.529. The van der Waals surface area contributed by atoms with Crippen molar-refractivity contribution >= 4 is 17.5 Å². The molecule has 0 aliphatic carbocycles. The number of rotatable bonds is 2. The number of piperazine rings is 1. The van der Waals surface area contributed by atoms with Crippen molar-refractivity contribution in [3.05, 3.63) is 18.2 Å². The third-order valence-electron chi connectivity index (χ3n) is 4.89. The molecule has 0 N–H and O–H groups in total. The van der Waals surface area contributed by atoms with Gasteiger partial charge in [0.15, 0.2) is 11.5 Å². The van der Waals surface area contributed by atoms with Crippen molar-refractivity contribution in [3.8, 4) is 11.5 Å².